The molecular weight excluding hydrogens is 400 g/mol. The van der Waals surface area contributed by atoms with Crippen LogP contribution in [-0.2, 0) is 6.54 Å². The first-order chi connectivity index (χ1) is 12.1. The van der Waals surface area contributed by atoms with Crippen molar-refractivity contribution in [2.45, 2.75) is 13.5 Å². The van der Waals surface area contributed by atoms with E-state index in [1.807, 2.05) is 46.3 Å². The number of aromatic nitrogens is 1. The zero-order valence-electron chi connectivity index (χ0n) is 13.6. The number of thiazole rings is 1. The summed E-state index contributed by atoms with van der Waals surface area (Å²) in [4.78, 5) is 17.0. The van der Waals surface area contributed by atoms with Gasteiger partial charge in [-0.2, -0.15) is 0 Å². The molecule has 0 atom stereocenters. The first kappa shape index (κ1) is 17.8. The van der Waals surface area contributed by atoms with Gasteiger partial charge in [-0.3, -0.25) is 4.79 Å². The lowest BCUT2D eigenvalue weighted by molar-refractivity contribution is 0.101. The van der Waals surface area contributed by atoms with Crippen LogP contribution in [0.15, 0.2) is 63.4 Å². The largest absolute Gasteiger partial charge is 0.395 e. The number of carbonyl (C=O) groups is 1. The standard InChI is InChI=1S/C19H17BrN2O2S/c1-13(24)15-3-2-4-17(11-15)21-19-22(9-10-23)18(12-25-19)14-5-7-16(20)8-6-14/h2-8,11-12,23H,9-10H2,1H3. The molecule has 0 aliphatic rings. The van der Waals surface area contributed by atoms with Crippen LogP contribution in [0, 0.1) is 0 Å². The van der Waals surface area contributed by atoms with E-state index < -0.39 is 0 Å². The molecule has 3 rings (SSSR count). The number of aliphatic hydroxyl groups excluding tert-OH is 1. The average Bonchev–Trinajstić information content (AvgIpc) is 2.99. The minimum Gasteiger partial charge on any atom is -0.395 e. The van der Waals surface area contributed by atoms with Crippen LogP contribution in [0.5, 0.6) is 0 Å². The van der Waals surface area contributed by atoms with Crippen LogP contribution in [0.25, 0.3) is 11.3 Å². The summed E-state index contributed by atoms with van der Waals surface area (Å²) >= 11 is 4.96. The van der Waals surface area contributed by atoms with E-state index in [2.05, 4.69) is 20.9 Å². The molecule has 6 heteroatoms. The van der Waals surface area contributed by atoms with Crippen molar-refractivity contribution < 1.29 is 9.90 Å². The highest BCUT2D eigenvalue weighted by molar-refractivity contribution is 9.10. The van der Waals surface area contributed by atoms with Gasteiger partial charge in [-0.05, 0) is 36.8 Å². The maximum atomic E-state index is 11.6. The van der Waals surface area contributed by atoms with Crippen molar-refractivity contribution in [3.8, 4) is 11.3 Å². The monoisotopic (exact) mass is 416 g/mol. The van der Waals surface area contributed by atoms with Crippen molar-refractivity contribution >= 4 is 38.7 Å². The fourth-order valence-electron chi connectivity index (χ4n) is 2.49. The Bertz CT molecular complexity index is 958. The molecule has 3 aromatic rings. The van der Waals surface area contributed by atoms with E-state index in [1.165, 1.54) is 11.3 Å². The summed E-state index contributed by atoms with van der Waals surface area (Å²) in [6, 6.07) is 15.3. The fourth-order valence-corrected chi connectivity index (χ4v) is 3.71. The molecule has 0 unspecified atom stereocenters. The van der Waals surface area contributed by atoms with E-state index in [0.717, 1.165) is 26.2 Å². The Hall–Kier alpha value is -2.02. The quantitative estimate of drug-likeness (QED) is 0.626. The maximum absolute atomic E-state index is 11.6. The Balaban J connectivity index is 2.09. The molecule has 0 spiro atoms. The third-order valence-electron chi connectivity index (χ3n) is 3.74. The van der Waals surface area contributed by atoms with Crippen molar-refractivity contribution in [1.29, 1.82) is 0 Å². The molecule has 0 amide bonds. The molecule has 4 nitrogen and oxygen atoms in total. The minimum atomic E-state index is 0.0158. The van der Waals surface area contributed by atoms with Gasteiger partial charge in [0.2, 0.25) is 0 Å². The fraction of sp³-hybridized carbons (Fsp3) is 0.158. The Labute approximate surface area is 158 Å². The Morgan fingerprint density at radius 3 is 2.68 bits per heavy atom. The number of benzene rings is 2. The summed E-state index contributed by atoms with van der Waals surface area (Å²) < 4.78 is 3.01. The Morgan fingerprint density at radius 2 is 2.00 bits per heavy atom. The number of aliphatic hydroxyl groups is 1. The summed E-state index contributed by atoms with van der Waals surface area (Å²) in [6.07, 6.45) is 0. The predicted molar refractivity (Wildman–Crippen MR) is 104 cm³/mol. The number of halogens is 1. The molecule has 0 aliphatic carbocycles. The molecule has 0 bridgehead atoms. The molecule has 1 heterocycles. The van der Waals surface area contributed by atoms with E-state index in [4.69, 9.17) is 0 Å². The second kappa shape index (κ2) is 7.91. The van der Waals surface area contributed by atoms with Gasteiger partial charge >= 0.3 is 0 Å². The van der Waals surface area contributed by atoms with Gasteiger partial charge in [0.15, 0.2) is 10.6 Å². The zero-order valence-corrected chi connectivity index (χ0v) is 16.0. The smallest absolute Gasteiger partial charge is 0.190 e. The average molecular weight is 417 g/mol. The lowest BCUT2D eigenvalue weighted by Crippen LogP contribution is -2.17. The SMILES string of the molecule is CC(=O)c1cccc(N=c2scc(-c3ccc(Br)cc3)n2CCO)c1. The molecule has 0 fully saturated rings. The van der Waals surface area contributed by atoms with Crippen molar-refractivity contribution in [2.24, 2.45) is 4.99 Å². The van der Waals surface area contributed by atoms with Crippen LogP contribution in [0.3, 0.4) is 0 Å². The highest BCUT2D eigenvalue weighted by Crippen LogP contribution is 2.23. The normalized spacial score (nSPS) is 11.7. The summed E-state index contributed by atoms with van der Waals surface area (Å²) in [5.41, 5.74) is 3.43. The van der Waals surface area contributed by atoms with Crippen molar-refractivity contribution in [3.05, 3.63) is 68.7 Å². The lowest BCUT2D eigenvalue weighted by atomic mass is 10.1. The second-order valence-electron chi connectivity index (χ2n) is 5.50. The lowest BCUT2D eigenvalue weighted by Gasteiger charge is -2.07. The molecule has 1 aromatic heterocycles. The van der Waals surface area contributed by atoms with Crippen LogP contribution < -0.4 is 4.80 Å². The first-order valence-corrected chi connectivity index (χ1v) is 9.46. The van der Waals surface area contributed by atoms with E-state index in [-0.39, 0.29) is 12.4 Å². The summed E-state index contributed by atoms with van der Waals surface area (Å²) in [5, 5.41) is 11.5. The van der Waals surface area contributed by atoms with Gasteiger partial charge in [-0.1, -0.05) is 40.2 Å². The number of Topliss-reactive ketones (excluding diaryl/α,β-unsaturated/α-hetero) is 1. The first-order valence-electron chi connectivity index (χ1n) is 7.79. The minimum absolute atomic E-state index is 0.0158. The number of carbonyl (C=O) groups excluding carboxylic acids is 1. The second-order valence-corrected chi connectivity index (χ2v) is 7.26. The molecular formula is C19H17BrN2O2S. The third kappa shape index (κ3) is 4.15. The molecule has 2 aromatic carbocycles. The Morgan fingerprint density at radius 1 is 1.24 bits per heavy atom. The van der Waals surface area contributed by atoms with Gasteiger partial charge < -0.3 is 9.67 Å². The number of nitrogens with zero attached hydrogens (tertiary/aromatic N) is 2. The van der Waals surface area contributed by atoms with Crippen LogP contribution >= 0.6 is 27.3 Å². The summed E-state index contributed by atoms with van der Waals surface area (Å²) in [7, 11) is 0. The van der Waals surface area contributed by atoms with Crippen LogP contribution in [0.4, 0.5) is 5.69 Å². The topological polar surface area (TPSA) is 54.6 Å². The van der Waals surface area contributed by atoms with Gasteiger partial charge in [-0.15, -0.1) is 11.3 Å². The van der Waals surface area contributed by atoms with Gasteiger partial charge in [0.1, 0.15) is 0 Å². The highest BCUT2D eigenvalue weighted by atomic mass is 79.9. The van der Waals surface area contributed by atoms with E-state index in [9.17, 15) is 9.90 Å². The summed E-state index contributed by atoms with van der Waals surface area (Å²) in [5.74, 6) is 0.0158. The van der Waals surface area contributed by atoms with Gasteiger partial charge in [0.25, 0.3) is 0 Å². The zero-order chi connectivity index (χ0) is 17.8. The van der Waals surface area contributed by atoms with Crippen molar-refractivity contribution in [1.82, 2.24) is 4.57 Å². The van der Waals surface area contributed by atoms with Gasteiger partial charge in [-0.25, -0.2) is 4.99 Å². The van der Waals surface area contributed by atoms with E-state index in [1.54, 1.807) is 19.1 Å². The highest BCUT2D eigenvalue weighted by Gasteiger charge is 2.08. The molecule has 128 valence electrons. The predicted octanol–water partition coefficient (Wildman–Crippen LogP) is 4.41. The molecule has 0 saturated carbocycles. The molecule has 25 heavy (non-hydrogen) atoms. The number of hydrogen-bond donors (Lipinski definition) is 1. The van der Waals surface area contributed by atoms with Crippen LogP contribution in [-0.4, -0.2) is 22.1 Å². The van der Waals surface area contributed by atoms with Crippen molar-refractivity contribution in [2.75, 3.05) is 6.61 Å². The maximum Gasteiger partial charge on any atom is 0.190 e. The summed E-state index contributed by atoms with van der Waals surface area (Å²) in [6.45, 7) is 2.03. The van der Waals surface area contributed by atoms with E-state index >= 15 is 0 Å². The molecule has 0 saturated heterocycles. The Kier molecular flexibility index (Phi) is 5.63. The molecule has 0 aliphatic heterocycles. The number of hydrogen-bond acceptors (Lipinski definition) is 4. The molecule has 1 N–H and O–H groups in total. The van der Waals surface area contributed by atoms with Crippen LogP contribution in [0.2, 0.25) is 0 Å². The van der Waals surface area contributed by atoms with Crippen LogP contribution in [0.1, 0.15) is 17.3 Å². The van der Waals surface area contributed by atoms with Gasteiger partial charge in [0.05, 0.1) is 18.0 Å². The van der Waals surface area contributed by atoms with Crippen molar-refractivity contribution in [3.63, 3.8) is 0 Å². The third-order valence-corrected chi connectivity index (χ3v) is 5.13. The number of ketones is 1. The van der Waals surface area contributed by atoms with E-state index in [0.29, 0.717) is 12.1 Å². The molecule has 0 radical (unpaired) electrons. The number of rotatable bonds is 5. The van der Waals surface area contributed by atoms with Gasteiger partial charge in [0, 0.05) is 22.0 Å².